The van der Waals surface area contributed by atoms with E-state index in [0.29, 0.717) is 19.8 Å². The highest BCUT2D eigenvalue weighted by atomic mass is 16.7. The smallest absolute Gasteiger partial charge is 0.347 e. The highest BCUT2D eigenvalue weighted by Crippen LogP contribution is 1.97. The van der Waals surface area contributed by atoms with Crippen molar-refractivity contribution < 1.29 is 9.47 Å². The van der Waals surface area contributed by atoms with E-state index in [2.05, 4.69) is 4.98 Å². The van der Waals surface area contributed by atoms with E-state index in [1.54, 1.807) is 12.3 Å². The molecule has 0 saturated heterocycles. The molecular weight excluding hydrogens is 196 g/mol. The Morgan fingerprint density at radius 2 is 2.07 bits per heavy atom. The van der Waals surface area contributed by atoms with E-state index in [-0.39, 0.29) is 12.0 Å². The Morgan fingerprint density at radius 3 is 2.60 bits per heavy atom. The summed E-state index contributed by atoms with van der Waals surface area (Å²) in [7, 11) is 0. The highest BCUT2D eigenvalue weighted by Gasteiger charge is 2.09. The van der Waals surface area contributed by atoms with Gasteiger partial charge in [-0.05, 0) is 19.9 Å². The zero-order valence-electron chi connectivity index (χ0n) is 9.05. The summed E-state index contributed by atoms with van der Waals surface area (Å²) in [6, 6.07) is 1.70. The SMILES string of the molecule is CCOC(Cn1cccnc1=O)OCC. The van der Waals surface area contributed by atoms with Gasteiger partial charge < -0.3 is 9.47 Å². The van der Waals surface area contributed by atoms with Crippen LogP contribution in [0.25, 0.3) is 0 Å². The molecule has 0 aliphatic carbocycles. The van der Waals surface area contributed by atoms with Crippen molar-refractivity contribution >= 4 is 0 Å². The van der Waals surface area contributed by atoms with E-state index in [4.69, 9.17) is 9.47 Å². The zero-order valence-corrected chi connectivity index (χ0v) is 9.05. The van der Waals surface area contributed by atoms with Crippen molar-refractivity contribution in [3.05, 3.63) is 28.9 Å². The molecule has 0 fully saturated rings. The summed E-state index contributed by atoms with van der Waals surface area (Å²) in [4.78, 5) is 15.0. The average molecular weight is 212 g/mol. The quantitative estimate of drug-likeness (QED) is 0.649. The third-order valence-corrected chi connectivity index (χ3v) is 1.83. The van der Waals surface area contributed by atoms with Crippen LogP contribution in [0.2, 0.25) is 0 Å². The molecule has 15 heavy (non-hydrogen) atoms. The summed E-state index contributed by atoms with van der Waals surface area (Å²) in [6.07, 6.45) is 2.75. The lowest BCUT2D eigenvalue weighted by Gasteiger charge is -2.17. The molecule has 0 amide bonds. The highest BCUT2D eigenvalue weighted by molar-refractivity contribution is 4.81. The van der Waals surface area contributed by atoms with Crippen LogP contribution in [-0.2, 0) is 16.0 Å². The molecule has 1 aromatic heterocycles. The summed E-state index contributed by atoms with van der Waals surface area (Å²) < 4.78 is 12.1. The molecule has 0 aliphatic rings. The topological polar surface area (TPSA) is 53.4 Å². The first kappa shape index (κ1) is 11.9. The molecular formula is C10H16N2O3. The molecule has 84 valence electrons. The Labute approximate surface area is 88.7 Å². The summed E-state index contributed by atoms with van der Waals surface area (Å²) in [6.45, 7) is 5.25. The second-order valence-electron chi connectivity index (χ2n) is 2.89. The minimum atomic E-state index is -0.387. The maximum absolute atomic E-state index is 11.3. The van der Waals surface area contributed by atoms with Gasteiger partial charge >= 0.3 is 5.69 Å². The van der Waals surface area contributed by atoms with Crippen molar-refractivity contribution in [1.82, 2.24) is 9.55 Å². The van der Waals surface area contributed by atoms with Gasteiger partial charge in [-0.3, -0.25) is 4.57 Å². The van der Waals surface area contributed by atoms with Gasteiger partial charge in [-0.25, -0.2) is 9.78 Å². The number of ether oxygens (including phenoxy) is 2. The molecule has 0 radical (unpaired) electrons. The van der Waals surface area contributed by atoms with Crippen molar-refractivity contribution in [2.24, 2.45) is 0 Å². The summed E-state index contributed by atoms with van der Waals surface area (Å²) in [5.74, 6) is 0. The molecule has 0 saturated carbocycles. The van der Waals surface area contributed by atoms with E-state index in [1.807, 2.05) is 13.8 Å². The molecule has 5 nitrogen and oxygen atoms in total. The van der Waals surface area contributed by atoms with Crippen LogP contribution < -0.4 is 5.69 Å². The van der Waals surface area contributed by atoms with Crippen molar-refractivity contribution in [1.29, 1.82) is 0 Å². The number of hydrogen-bond acceptors (Lipinski definition) is 4. The van der Waals surface area contributed by atoms with E-state index >= 15 is 0 Å². The Balaban J connectivity index is 2.65. The summed E-state index contributed by atoms with van der Waals surface area (Å²) in [5.41, 5.74) is -0.290. The van der Waals surface area contributed by atoms with Gasteiger partial charge in [0.15, 0.2) is 6.29 Å². The van der Waals surface area contributed by atoms with Crippen LogP contribution >= 0.6 is 0 Å². The lowest BCUT2D eigenvalue weighted by atomic mass is 10.5. The van der Waals surface area contributed by atoms with Crippen molar-refractivity contribution in [3.63, 3.8) is 0 Å². The Hall–Kier alpha value is -1.20. The van der Waals surface area contributed by atoms with Crippen LogP contribution in [0.4, 0.5) is 0 Å². The first-order valence-electron chi connectivity index (χ1n) is 5.02. The fourth-order valence-corrected chi connectivity index (χ4v) is 1.21. The molecule has 0 N–H and O–H groups in total. The third kappa shape index (κ3) is 3.81. The molecule has 5 heteroatoms. The fraction of sp³-hybridized carbons (Fsp3) is 0.600. The van der Waals surface area contributed by atoms with Gasteiger partial charge in [0.25, 0.3) is 0 Å². The monoisotopic (exact) mass is 212 g/mol. The van der Waals surface area contributed by atoms with Crippen molar-refractivity contribution in [3.8, 4) is 0 Å². The molecule has 1 heterocycles. The third-order valence-electron chi connectivity index (χ3n) is 1.83. The maximum atomic E-state index is 11.3. The summed E-state index contributed by atoms with van der Waals surface area (Å²) >= 11 is 0. The van der Waals surface area contributed by atoms with E-state index in [0.717, 1.165) is 0 Å². The maximum Gasteiger partial charge on any atom is 0.347 e. The van der Waals surface area contributed by atoms with Crippen molar-refractivity contribution in [2.45, 2.75) is 26.7 Å². The predicted octanol–water partition coefficient (Wildman–Crippen LogP) is 0.642. The minimum absolute atomic E-state index is 0.290. The lowest BCUT2D eigenvalue weighted by Crippen LogP contribution is -2.30. The van der Waals surface area contributed by atoms with Gasteiger partial charge in [0.2, 0.25) is 0 Å². The van der Waals surface area contributed by atoms with Crippen LogP contribution in [-0.4, -0.2) is 29.1 Å². The van der Waals surface area contributed by atoms with E-state index in [1.165, 1.54) is 10.8 Å². The predicted molar refractivity (Wildman–Crippen MR) is 55.5 cm³/mol. The molecule has 0 aromatic carbocycles. The van der Waals surface area contributed by atoms with Gasteiger partial charge in [-0.15, -0.1) is 0 Å². The van der Waals surface area contributed by atoms with Crippen LogP contribution in [0, 0.1) is 0 Å². The van der Waals surface area contributed by atoms with Gasteiger partial charge in [0.05, 0.1) is 6.54 Å². The fourth-order valence-electron chi connectivity index (χ4n) is 1.21. The Bertz CT molecular complexity index is 331. The van der Waals surface area contributed by atoms with Crippen molar-refractivity contribution in [2.75, 3.05) is 13.2 Å². The first-order chi connectivity index (χ1) is 7.27. The number of rotatable bonds is 6. The average Bonchev–Trinajstić information content (AvgIpc) is 2.22. The number of hydrogen-bond donors (Lipinski definition) is 0. The molecule has 0 spiro atoms. The van der Waals surface area contributed by atoms with Crippen LogP contribution in [0.15, 0.2) is 23.3 Å². The molecule has 0 atom stereocenters. The normalized spacial score (nSPS) is 10.9. The van der Waals surface area contributed by atoms with Crippen LogP contribution in [0.1, 0.15) is 13.8 Å². The molecule has 0 unspecified atom stereocenters. The molecule has 0 bridgehead atoms. The van der Waals surface area contributed by atoms with Crippen LogP contribution in [0.5, 0.6) is 0 Å². The van der Waals surface area contributed by atoms with Crippen LogP contribution in [0.3, 0.4) is 0 Å². The van der Waals surface area contributed by atoms with Gasteiger partial charge in [-0.1, -0.05) is 0 Å². The first-order valence-corrected chi connectivity index (χ1v) is 5.02. The second-order valence-corrected chi connectivity index (χ2v) is 2.89. The second kappa shape index (κ2) is 6.31. The molecule has 1 rings (SSSR count). The number of nitrogens with zero attached hydrogens (tertiary/aromatic N) is 2. The standard InChI is InChI=1S/C10H16N2O3/c1-3-14-9(15-4-2)8-12-7-5-6-11-10(12)13/h5-7,9H,3-4,8H2,1-2H3. The lowest BCUT2D eigenvalue weighted by molar-refractivity contribution is -0.144. The Kier molecular flexibility index (Phi) is 5.00. The Morgan fingerprint density at radius 1 is 1.40 bits per heavy atom. The van der Waals surface area contributed by atoms with E-state index in [9.17, 15) is 4.79 Å². The summed E-state index contributed by atoms with van der Waals surface area (Å²) in [5, 5.41) is 0. The number of aromatic nitrogens is 2. The molecule has 1 aromatic rings. The van der Waals surface area contributed by atoms with Gasteiger partial charge in [0, 0.05) is 25.6 Å². The molecule has 0 aliphatic heterocycles. The largest absolute Gasteiger partial charge is 0.351 e. The van der Waals surface area contributed by atoms with Gasteiger partial charge in [-0.2, -0.15) is 0 Å². The van der Waals surface area contributed by atoms with E-state index < -0.39 is 0 Å². The zero-order chi connectivity index (χ0) is 11.1. The van der Waals surface area contributed by atoms with Gasteiger partial charge in [0.1, 0.15) is 0 Å². The minimum Gasteiger partial charge on any atom is -0.351 e.